The summed E-state index contributed by atoms with van der Waals surface area (Å²) in [6.45, 7) is 0. The summed E-state index contributed by atoms with van der Waals surface area (Å²) in [7, 11) is 0. The van der Waals surface area contributed by atoms with Crippen LogP contribution in [0.4, 0.5) is 5.69 Å². The lowest BCUT2D eigenvalue weighted by molar-refractivity contribution is 1.30. The highest BCUT2D eigenvalue weighted by atomic mass is 14.9. The SMILES string of the molecule is C1=Cc2nc1cc1ccc([nH]1)c(-c1ccccc1)c1nc(c(N=C(c3ccccc3)c3ccccc3)c3ccc([nH]3)c2-c2ccccc2)C=C1. The molecule has 5 nitrogen and oxygen atoms in total. The maximum atomic E-state index is 5.49. The summed E-state index contributed by atoms with van der Waals surface area (Å²) < 4.78 is 0. The molecule has 0 saturated heterocycles. The van der Waals surface area contributed by atoms with Crippen molar-refractivity contribution in [3.05, 3.63) is 186 Å². The van der Waals surface area contributed by atoms with Crippen LogP contribution in [0.3, 0.4) is 0 Å². The molecule has 5 heteroatoms. The van der Waals surface area contributed by atoms with Gasteiger partial charge in [0.15, 0.2) is 0 Å². The normalized spacial score (nSPS) is 11.8. The molecule has 0 unspecified atom stereocenters. The van der Waals surface area contributed by atoms with E-state index in [1.54, 1.807) is 0 Å². The fraction of sp³-hybridized carbons (Fsp3) is 0. The molecule has 0 radical (unpaired) electrons. The fourth-order valence-corrected chi connectivity index (χ4v) is 6.66. The van der Waals surface area contributed by atoms with E-state index in [1.165, 1.54) is 0 Å². The summed E-state index contributed by atoms with van der Waals surface area (Å²) in [6.07, 6.45) is 8.33. The van der Waals surface area contributed by atoms with Crippen LogP contribution in [0, 0.1) is 0 Å². The van der Waals surface area contributed by atoms with Gasteiger partial charge in [0.25, 0.3) is 0 Å². The first-order chi connectivity index (χ1) is 24.8. The lowest BCUT2D eigenvalue weighted by Crippen LogP contribution is -2.02. The van der Waals surface area contributed by atoms with Crippen molar-refractivity contribution >= 4 is 57.8 Å². The molecule has 9 rings (SSSR count). The lowest BCUT2D eigenvalue weighted by Gasteiger charge is -2.08. The van der Waals surface area contributed by atoms with E-state index >= 15 is 0 Å². The highest BCUT2D eigenvalue weighted by Gasteiger charge is 2.17. The molecule has 0 atom stereocenters. The van der Waals surface area contributed by atoms with Crippen molar-refractivity contribution < 1.29 is 0 Å². The Balaban J connectivity index is 1.43. The van der Waals surface area contributed by atoms with Crippen molar-refractivity contribution in [2.45, 2.75) is 0 Å². The number of nitrogens with zero attached hydrogens (tertiary/aromatic N) is 3. The molecule has 4 aromatic carbocycles. The number of rotatable bonds is 5. The Morgan fingerprint density at radius 3 is 1.58 bits per heavy atom. The fourth-order valence-electron chi connectivity index (χ4n) is 6.66. The first kappa shape index (κ1) is 29.3. The number of hydrogen-bond acceptors (Lipinski definition) is 3. The van der Waals surface area contributed by atoms with E-state index in [0.717, 1.165) is 89.6 Å². The van der Waals surface area contributed by atoms with Crippen LogP contribution in [0.5, 0.6) is 0 Å². The summed E-state index contributed by atoms with van der Waals surface area (Å²) in [4.78, 5) is 23.3. The molecule has 236 valence electrons. The van der Waals surface area contributed by atoms with Crippen LogP contribution in [0.1, 0.15) is 33.9 Å². The van der Waals surface area contributed by atoms with Crippen molar-refractivity contribution in [1.29, 1.82) is 0 Å². The molecule has 50 heavy (non-hydrogen) atoms. The smallest absolute Gasteiger partial charge is 0.113 e. The van der Waals surface area contributed by atoms with Crippen LogP contribution in [0.15, 0.2) is 157 Å². The minimum absolute atomic E-state index is 0.744. The van der Waals surface area contributed by atoms with Gasteiger partial charge >= 0.3 is 0 Å². The van der Waals surface area contributed by atoms with E-state index in [1.807, 2.05) is 24.3 Å². The summed E-state index contributed by atoms with van der Waals surface area (Å²) in [6, 6.07) is 52.0. The topological polar surface area (TPSA) is 69.7 Å². The Hall–Kier alpha value is -6.85. The minimum atomic E-state index is 0.744. The van der Waals surface area contributed by atoms with Crippen LogP contribution in [0.25, 0.3) is 68.6 Å². The van der Waals surface area contributed by atoms with Crippen LogP contribution in [-0.2, 0) is 0 Å². The second kappa shape index (κ2) is 12.6. The van der Waals surface area contributed by atoms with Gasteiger partial charge in [-0.3, -0.25) is 0 Å². The van der Waals surface area contributed by atoms with Crippen molar-refractivity contribution in [2.24, 2.45) is 4.99 Å². The first-order valence-electron chi connectivity index (χ1n) is 16.7. The summed E-state index contributed by atoms with van der Waals surface area (Å²) in [5.41, 5.74) is 15.0. The third kappa shape index (κ3) is 5.57. The molecule has 2 N–H and O–H groups in total. The summed E-state index contributed by atoms with van der Waals surface area (Å²) >= 11 is 0. The largest absolute Gasteiger partial charge is 0.355 e. The Bertz CT molecular complexity index is 2530. The van der Waals surface area contributed by atoms with Crippen LogP contribution in [-0.4, -0.2) is 25.6 Å². The zero-order valence-corrected chi connectivity index (χ0v) is 27.1. The number of fused-ring (bicyclic) bond motifs is 8. The molecular weight excluding hydrogens is 611 g/mol. The predicted molar refractivity (Wildman–Crippen MR) is 208 cm³/mol. The van der Waals surface area contributed by atoms with Gasteiger partial charge in [-0.05, 0) is 65.8 Å². The van der Waals surface area contributed by atoms with Crippen LogP contribution >= 0.6 is 0 Å². The number of hydrogen-bond donors (Lipinski definition) is 2. The molecule has 0 saturated carbocycles. The van der Waals surface area contributed by atoms with E-state index in [0.29, 0.717) is 0 Å². The van der Waals surface area contributed by atoms with E-state index < -0.39 is 0 Å². The Kier molecular flexibility index (Phi) is 7.41. The minimum Gasteiger partial charge on any atom is -0.355 e. The third-order valence-electron chi connectivity index (χ3n) is 8.99. The van der Waals surface area contributed by atoms with Crippen LogP contribution in [0.2, 0.25) is 0 Å². The predicted octanol–water partition coefficient (Wildman–Crippen LogP) is 11.2. The Labute approximate surface area is 289 Å². The maximum Gasteiger partial charge on any atom is 0.113 e. The van der Waals surface area contributed by atoms with E-state index in [4.69, 9.17) is 15.0 Å². The summed E-state index contributed by atoms with van der Waals surface area (Å²) in [5.74, 6) is 0. The van der Waals surface area contributed by atoms with Gasteiger partial charge in [-0.1, -0.05) is 121 Å². The van der Waals surface area contributed by atoms with Crippen molar-refractivity contribution in [1.82, 2.24) is 19.9 Å². The monoisotopic (exact) mass is 641 g/mol. The van der Waals surface area contributed by atoms with E-state index in [9.17, 15) is 0 Å². The molecule has 0 spiro atoms. The van der Waals surface area contributed by atoms with Crippen molar-refractivity contribution in [3.63, 3.8) is 0 Å². The van der Waals surface area contributed by atoms with Gasteiger partial charge in [0.05, 0.1) is 34.0 Å². The zero-order chi connectivity index (χ0) is 33.3. The second-order valence-electron chi connectivity index (χ2n) is 12.3. The lowest BCUT2D eigenvalue weighted by atomic mass is 10.0. The number of aromatic amines is 2. The van der Waals surface area contributed by atoms with Gasteiger partial charge in [0.2, 0.25) is 0 Å². The molecule has 8 bridgehead atoms. The van der Waals surface area contributed by atoms with E-state index in [2.05, 4.69) is 162 Å². The number of aliphatic imine (C=N–C) groups is 1. The molecule has 2 aliphatic heterocycles. The maximum absolute atomic E-state index is 5.49. The quantitative estimate of drug-likeness (QED) is 0.184. The second-order valence-corrected chi connectivity index (χ2v) is 12.3. The highest BCUT2D eigenvalue weighted by Crippen LogP contribution is 2.36. The number of aromatic nitrogens is 4. The molecular formula is C45H31N5. The average Bonchev–Trinajstić information content (AvgIpc) is 4.01. The van der Waals surface area contributed by atoms with Gasteiger partial charge in [0.1, 0.15) is 5.69 Å². The van der Waals surface area contributed by atoms with Gasteiger partial charge in [-0.25, -0.2) is 15.0 Å². The Morgan fingerprint density at radius 2 is 0.940 bits per heavy atom. The molecule has 0 aliphatic carbocycles. The van der Waals surface area contributed by atoms with Gasteiger partial charge in [0, 0.05) is 38.8 Å². The van der Waals surface area contributed by atoms with Crippen LogP contribution < -0.4 is 0 Å². The first-order valence-corrected chi connectivity index (χ1v) is 16.7. The standard InChI is InChI=1S/C45H31N5/c1-5-13-30(14-6-1)42-36-23-21-34(46-36)29-35-22-24-37(47-35)43(31-15-7-2-8-16-31)39-26-28-41(49-39)45(40-27-25-38(42)48-40)50-44(32-17-9-3-10-18-32)33-19-11-4-12-20-33/h1-29,46,49H. The number of benzene rings is 4. The average molecular weight is 642 g/mol. The molecule has 0 amide bonds. The molecule has 5 heterocycles. The van der Waals surface area contributed by atoms with E-state index in [-0.39, 0.29) is 0 Å². The molecule has 3 aromatic heterocycles. The van der Waals surface area contributed by atoms with Crippen molar-refractivity contribution in [2.75, 3.05) is 0 Å². The molecule has 7 aromatic rings. The van der Waals surface area contributed by atoms with Gasteiger partial charge in [-0.15, -0.1) is 0 Å². The highest BCUT2D eigenvalue weighted by molar-refractivity contribution is 6.15. The van der Waals surface area contributed by atoms with Gasteiger partial charge < -0.3 is 9.97 Å². The third-order valence-corrected chi connectivity index (χ3v) is 8.99. The summed E-state index contributed by atoms with van der Waals surface area (Å²) in [5, 5.41) is 0. The number of nitrogens with one attached hydrogen (secondary N) is 2. The zero-order valence-electron chi connectivity index (χ0n) is 27.1. The van der Waals surface area contributed by atoms with Gasteiger partial charge in [-0.2, -0.15) is 0 Å². The molecule has 0 fully saturated rings. The number of H-pyrrole nitrogens is 2. The Morgan fingerprint density at radius 1 is 0.440 bits per heavy atom. The molecule has 2 aliphatic rings. The van der Waals surface area contributed by atoms with Crippen molar-refractivity contribution in [3.8, 4) is 22.3 Å².